The zero-order valence-corrected chi connectivity index (χ0v) is 15.6. The molecule has 5 heteroatoms. The molecule has 0 fully saturated rings. The Morgan fingerprint density at radius 3 is 2.36 bits per heavy atom. The Hall–Kier alpha value is -2.20. The van der Waals surface area contributed by atoms with Crippen LogP contribution in [0.5, 0.6) is 11.5 Å². The second kappa shape index (κ2) is 8.77. The SMILES string of the molecule is CC(C)(C)c1ccc(OCC(=O)NCCOc2ccccc2Cl)cc1. The van der Waals surface area contributed by atoms with Crippen molar-refractivity contribution in [3.05, 3.63) is 59.1 Å². The average molecular weight is 362 g/mol. The van der Waals surface area contributed by atoms with E-state index in [1.54, 1.807) is 12.1 Å². The first kappa shape index (κ1) is 19.1. The Morgan fingerprint density at radius 1 is 1.04 bits per heavy atom. The van der Waals surface area contributed by atoms with Gasteiger partial charge in [-0.3, -0.25) is 4.79 Å². The summed E-state index contributed by atoms with van der Waals surface area (Å²) in [6.45, 7) is 7.16. The van der Waals surface area contributed by atoms with Crippen molar-refractivity contribution < 1.29 is 14.3 Å². The van der Waals surface area contributed by atoms with Crippen LogP contribution in [0.2, 0.25) is 5.02 Å². The van der Waals surface area contributed by atoms with E-state index in [4.69, 9.17) is 21.1 Å². The molecule has 0 aromatic heterocycles. The van der Waals surface area contributed by atoms with Crippen molar-refractivity contribution in [3.8, 4) is 11.5 Å². The van der Waals surface area contributed by atoms with Gasteiger partial charge in [-0.2, -0.15) is 0 Å². The standard InChI is InChI=1S/C20H24ClNO3/c1-20(2,3)15-8-10-16(11-9-15)25-14-19(23)22-12-13-24-18-7-5-4-6-17(18)21/h4-11H,12-14H2,1-3H3,(H,22,23). The summed E-state index contributed by atoms with van der Waals surface area (Å²) in [5.41, 5.74) is 1.32. The van der Waals surface area contributed by atoms with Gasteiger partial charge in [0.15, 0.2) is 6.61 Å². The minimum Gasteiger partial charge on any atom is -0.490 e. The highest BCUT2D eigenvalue weighted by Gasteiger charge is 2.13. The highest BCUT2D eigenvalue weighted by atomic mass is 35.5. The molecule has 0 bridgehead atoms. The quantitative estimate of drug-likeness (QED) is 0.751. The number of ether oxygens (including phenoxy) is 2. The molecule has 0 heterocycles. The van der Waals surface area contributed by atoms with E-state index in [-0.39, 0.29) is 17.9 Å². The lowest BCUT2D eigenvalue weighted by Gasteiger charge is -2.19. The van der Waals surface area contributed by atoms with Gasteiger partial charge in [-0.05, 0) is 35.2 Å². The molecule has 0 spiro atoms. The molecule has 0 aliphatic carbocycles. The van der Waals surface area contributed by atoms with Crippen LogP contribution >= 0.6 is 11.6 Å². The molecule has 0 aliphatic heterocycles. The van der Waals surface area contributed by atoms with Gasteiger partial charge in [-0.15, -0.1) is 0 Å². The third-order valence-electron chi connectivity index (χ3n) is 3.61. The van der Waals surface area contributed by atoms with Gasteiger partial charge in [0.25, 0.3) is 5.91 Å². The van der Waals surface area contributed by atoms with Crippen molar-refractivity contribution >= 4 is 17.5 Å². The summed E-state index contributed by atoms with van der Waals surface area (Å²) < 4.78 is 11.0. The van der Waals surface area contributed by atoms with Crippen LogP contribution in [0.15, 0.2) is 48.5 Å². The molecule has 2 rings (SSSR count). The van der Waals surface area contributed by atoms with Crippen LogP contribution in [0.1, 0.15) is 26.3 Å². The number of rotatable bonds is 7. The molecule has 0 unspecified atom stereocenters. The van der Waals surface area contributed by atoms with Crippen molar-refractivity contribution in [1.29, 1.82) is 0 Å². The zero-order valence-electron chi connectivity index (χ0n) is 14.8. The van der Waals surface area contributed by atoms with Gasteiger partial charge in [-0.25, -0.2) is 0 Å². The molecule has 4 nitrogen and oxygen atoms in total. The number of hydrogen-bond acceptors (Lipinski definition) is 3. The number of benzene rings is 2. The molecule has 2 aromatic carbocycles. The summed E-state index contributed by atoms with van der Waals surface area (Å²) in [4.78, 5) is 11.8. The van der Waals surface area contributed by atoms with Gasteiger partial charge in [0.2, 0.25) is 0 Å². The summed E-state index contributed by atoms with van der Waals surface area (Å²) in [5.74, 6) is 1.09. The number of hydrogen-bond donors (Lipinski definition) is 1. The van der Waals surface area contributed by atoms with Crippen LogP contribution in [-0.2, 0) is 10.2 Å². The third-order valence-corrected chi connectivity index (χ3v) is 3.92. The first-order chi connectivity index (χ1) is 11.9. The second-order valence-corrected chi connectivity index (χ2v) is 7.10. The fraction of sp³-hybridized carbons (Fsp3) is 0.350. The number of amides is 1. The summed E-state index contributed by atoms with van der Waals surface area (Å²) >= 11 is 5.99. The number of carbonyl (C=O) groups is 1. The van der Waals surface area contributed by atoms with Crippen molar-refractivity contribution in [2.45, 2.75) is 26.2 Å². The molecule has 1 N–H and O–H groups in total. The smallest absolute Gasteiger partial charge is 0.258 e. The van der Waals surface area contributed by atoms with E-state index < -0.39 is 0 Å². The maximum Gasteiger partial charge on any atom is 0.258 e. The molecule has 0 saturated carbocycles. The van der Waals surface area contributed by atoms with Gasteiger partial charge in [-0.1, -0.05) is 56.6 Å². The van der Waals surface area contributed by atoms with Gasteiger partial charge in [0.05, 0.1) is 11.6 Å². The molecule has 0 atom stereocenters. The number of nitrogens with one attached hydrogen (secondary N) is 1. The molecule has 0 saturated heterocycles. The van der Waals surface area contributed by atoms with E-state index in [1.807, 2.05) is 36.4 Å². The van der Waals surface area contributed by atoms with Crippen LogP contribution in [0.25, 0.3) is 0 Å². The fourth-order valence-corrected chi connectivity index (χ4v) is 2.35. The maximum atomic E-state index is 11.8. The van der Waals surface area contributed by atoms with E-state index in [9.17, 15) is 4.79 Å². The monoisotopic (exact) mass is 361 g/mol. The van der Waals surface area contributed by atoms with Gasteiger partial charge in [0, 0.05) is 0 Å². The molecule has 134 valence electrons. The number of para-hydroxylation sites is 1. The summed E-state index contributed by atoms with van der Waals surface area (Å²) in [7, 11) is 0. The van der Waals surface area contributed by atoms with E-state index in [2.05, 4.69) is 26.1 Å². The normalized spacial score (nSPS) is 11.0. The van der Waals surface area contributed by atoms with Gasteiger partial charge < -0.3 is 14.8 Å². The van der Waals surface area contributed by atoms with E-state index in [0.717, 1.165) is 0 Å². The summed E-state index contributed by atoms with van der Waals surface area (Å²) in [6.07, 6.45) is 0. The molecule has 0 aliphatic rings. The highest BCUT2D eigenvalue weighted by molar-refractivity contribution is 6.32. The topological polar surface area (TPSA) is 47.6 Å². The summed E-state index contributed by atoms with van der Waals surface area (Å²) in [6, 6.07) is 15.0. The number of halogens is 1. The average Bonchev–Trinajstić information content (AvgIpc) is 2.58. The Morgan fingerprint density at radius 2 is 1.72 bits per heavy atom. The number of carbonyl (C=O) groups excluding carboxylic acids is 1. The lowest BCUT2D eigenvalue weighted by Crippen LogP contribution is -2.32. The zero-order chi connectivity index (χ0) is 18.3. The van der Waals surface area contributed by atoms with Crippen molar-refractivity contribution in [1.82, 2.24) is 5.32 Å². The molecular weight excluding hydrogens is 338 g/mol. The maximum absolute atomic E-state index is 11.8. The molecule has 2 aromatic rings. The predicted molar refractivity (Wildman–Crippen MR) is 101 cm³/mol. The Kier molecular flexibility index (Phi) is 6.71. The van der Waals surface area contributed by atoms with Gasteiger partial charge in [0.1, 0.15) is 18.1 Å². The van der Waals surface area contributed by atoms with E-state index in [1.165, 1.54) is 5.56 Å². The minimum atomic E-state index is -0.192. The highest BCUT2D eigenvalue weighted by Crippen LogP contribution is 2.24. The predicted octanol–water partition coefficient (Wildman–Crippen LogP) is 4.21. The lowest BCUT2D eigenvalue weighted by atomic mass is 9.87. The minimum absolute atomic E-state index is 0.0268. The second-order valence-electron chi connectivity index (χ2n) is 6.69. The molecule has 0 radical (unpaired) electrons. The van der Waals surface area contributed by atoms with Crippen molar-refractivity contribution in [3.63, 3.8) is 0 Å². The Bertz CT molecular complexity index is 693. The molecular formula is C20H24ClNO3. The van der Waals surface area contributed by atoms with E-state index in [0.29, 0.717) is 29.7 Å². The van der Waals surface area contributed by atoms with Crippen LogP contribution in [0.3, 0.4) is 0 Å². The Balaban J connectivity index is 1.68. The van der Waals surface area contributed by atoms with Crippen molar-refractivity contribution in [2.24, 2.45) is 0 Å². The van der Waals surface area contributed by atoms with Crippen LogP contribution in [0.4, 0.5) is 0 Å². The largest absolute Gasteiger partial charge is 0.490 e. The first-order valence-corrected chi connectivity index (χ1v) is 8.61. The van der Waals surface area contributed by atoms with Crippen LogP contribution in [0, 0.1) is 0 Å². The van der Waals surface area contributed by atoms with Crippen LogP contribution < -0.4 is 14.8 Å². The first-order valence-electron chi connectivity index (χ1n) is 8.23. The summed E-state index contributed by atoms with van der Waals surface area (Å²) in [5, 5.41) is 3.30. The van der Waals surface area contributed by atoms with Crippen molar-refractivity contribution in [2.75, 3.05) is 19.8 Å². The van der Waals surface area contributed by atoms with Gasteiger partial charge >= 0.3 is 0 Å². The van der Waals surface area contributed by atoms with E-state index >= 15 is 0 Å². The third kappa shape index (κ3) is 6.31. The fourth-order valence-electron chi connectivity index (χ4n) is 2.16. The molecule has 1 amide bonds. The van der Waals surface area contributed by atoms with Crippen LogP contribution in [-0.4, -0.2) is 25.7 Å². The lowest BCUT2D eigenvalue weighted by molar-refractivity contribution is -0.123. The molecule has 25 heavy (non-hydrogen) atoms. The Labute approximate surface area is 154 Å².